The first-order valence-corrected chi connectivity index (χ1v) is 2.24. The molecular formula is C4H7N2NaO2. The Morgan fingerprint density at radius 2 is 2.56 bits per heavy atom. The van der Waals surface area contributed by atoms with Crippen LogP contribution >= 0.6 is 0 Å². The van der Waals surface area contributed by atoms with E-state index in [2.05, 4.69) is 10.5 Å². The van der Waals surface area contributed by atoms with Crippen molar-refractivity contribution in [2.75, 3.05) is 0 Å². The maximum absolute atomic E-state index is 9.89. The molecule has 0 aliphatic carbocycles. The van der Waals surface area contributed by atoms with Crippen LogP contribution in [0.25, 0.3) is 0 Å². The molecule has 0 radical (unpaired) electrons. The average Bonchev–Trinajstić information content (AvgIpc) is 2.14. The summed E-state index contributed by atoms with van der Waals surface area (Å²) in [5.41, 5.74) is 2.45. The Hall–Kier alpha value is -0.0600. The molecule has 0 fully saturated rings. The van der Waals surface area contributed by atoms with Gasteiger partial charge in [0.15, 0.2) is 6.29 Å². The summed E-state index contributed by atoms with van der Waals surface area (Å²) in [6.45, 7) is 1.68. The summed E-state index contributed by atoms with van der Waals surface area (Å²) in [4.78, 5) is 9.89. The van der Waals surface area contributed by atoms with Crippen LogP contribution in [0.4, 0.5) is 0 Å². The van der Waals surface area contributed by atoms with Crippen LogP contribution in [0.5, 0.6) is 0 Å². The number of nitrogens with one attached hydrogen (secondary N) is 1. The van der Waals surface area contributed by atoms with Crippen molar-refractivity contribution < 1.29 is 9.53 Å². The Balaban J connectivity index is 0.000000640. The summed E-state index contributed by atoms with van der Waals surface area (Å²) in [6, 6.07) is 0. The van der Waals surface area contributed by atoms with Crippen LogP contribution in [-0.4, -0.2) is 48.0 Å². The van der Waals surface area contributed by atoms with Gasteiger partial charge in [-0.05, 0) is 0 Å². The maximum atomic E-state index is 9.89. The van der Waals surface area contributed by atoms with Gasteiger partial charge in [0.1, 0.15) is 0 Å². The number of nitrogens with zero attached hydrogens (tertiary/aromatic N) is 1. The SMILES string of the molecule is CC1=NNC(C=O)O1.[NaH]. The standard InChI is InChI=1S/C4H6N2O2.Na.H/c1-3-5-6-4(2-7)8-3;;/h2,4,6H,1H3;;. The third kappa shape index (κ3) is 2.34. The second kappa shape index (κ2) is 3.87. The Morgan fingerprint density at radius 1 is 1.89 bits per heavy atom. The molecule has 1 N–H and O–H groups in total. The van der Waals surface area contributed by atoms with Crippen molar-refractivity contribution in [1.82, 2.24) is 5.43 Å². The topological polar surface area (TPSA) is 50.7 Å². The van der Waals surface area contributed by atoms with E-state index in [9.17, 15) is 4.79 Å². The number of rotatable bonds is 1. The number of carbonyl (C=O) groups excluding carboxylic acids is 1. The summed E-state index contributed by atoms with van der Waals surface area (Å²) >= 11 is 0. The fourth-order valence-corrected chi connectivity index (χ4v) is 0.449. The predicted octanol–water partition coefficient (Wildman–Crippen LogP) is -1.18. The quantitative estimate of drug-likeness (QED) is 0.366. The van der Waals surface area contributed by atoms with Crippen LogP contribution in [0.3, 0.4) is 0 Å². The number of ether oxygens (including phenoxy) is 1. The first kappa shape index (κ1) is 8.94. The van der Waals surface area contributed by atoms with Crippen molar-refractivity contribution in [2.24, 2.45) is 5.10 Å². The van der Waals surface area contributed by atoms with Gasteiger partial charge in [0.25, 0.3) is 0 Å². The van der Waals surface area contributed by atoms with Crippen LogP contribution < -0.4 is 5.43 Å². The average molecular weight is 138 g/mol. The molecule has 0 aromatic heterocycles. The fraction of sp³-hybridized carbons (Fsp3) is 0.500. The van der Waals surface area contributed by atoms with Crippen molar-refractivity contribution in [3.05, 3.63) is 0 Å². The van der Waals surface area contributed by atoms with Gasteiger partial charge in [0.2, 0.25) is 12.1 Å². The number of hydrogen-bond acceptors (Lipinski definition) is 4. The van der Waals surface area contributed by atoms with E-state index in [-0.39, 0.29) is 29.6 Å². The molecule has 9 heavy (non-hydrogen) atoms. The molecule has 0 saturated carbocycles. The van der Waals surface area contributed by atoms with E-state index in [1.54, 1.807) is 6.92 Å². The van der Waals surface area contributed by atoms with Gasteiger partial charge >= 0.3 is 29.6 Å². The Bertz CT molecular complexity index is 137. The van der Waals surface area contributed by atoms with Crippen LogP contribution in [0.2, 0.25) is 0 Å². The minimum absolute atomic E-state index is 0. The second-order valence-corrected chi connectivity index (χ2v) is 1.43. The summed E-state index contributed by atoms with van der Waals surface area (Å²) in [5.74, 6) is 0.502. The summed E-state index contributed by atoms with van der Waals surface area (Å²) < 4.78 is 4.78. The van der Waals surface area contributed by atoms with Gasteiger partial charge < -0.3 is 4.74 Å². The summed E-state index contributed by atoms with van der Waals surface area (Å²) in [7, 11) is 0. The van der Waals surface area contributed by atoms with E-state index in [0.29, 0.717) is 12.2 Å². The third-order valence-corrected chi connectivity index (χ3v) is 0.770. The molecule has 46 valence electrons. The molecule has 0 bridgehead atoms. The van der Waals surface area contributed by atoms with E-state index < -0.39 is 6.23 Å². The summed E-state index contributed by atoms with van der Waals surface area (Å²) in [6.07, 6.45) is 0.0926. The van der Waals surface area contributed by atoms with Gasteiger partial charge in [-0.15, -0.1) is 5.10 Å². The number of aldehydes is 1. The number of hydrazone groups is 1. The molecule has 1 unspecified atom stereocenters. The molecule has 0 spiro atoms. The van der Waals surface area contributed by atoms with E-state index in [1.807, 2.05) is 0 Å². The van der Waals surface area contributed by atoms with E-state index in [1.165, 1.54) is 0 Å². The van der Waals surface area contributed by atoms with Gasteiger partial charge in [-0.3, -0.25) is 10.2 Å². The van der Waals surface area contributed by atoms with Crippen LogP contribution in [-0.2, 0) is 9.53 Å². The van der Waals surface area contributed by atoms with E-state index >= 15 is 0 Å². The molecule has 1 atom stereocenters. The number of carbonyl (C=O) groups is 1. The van der Waals surface area contributed by atoms with Gasteiger partial charge in [-0.25, -0.2) is 0 Å². The van der Waals surface area contributed by atoms with Gasteiger partial charge in [-0.2, -0.15) is 0 Å². The molecule has 0 amide bonds. The first-order chi connectivity index (χ1) is 3.83. The molecular weight excluding hydrogens is 131 g/mol. The first-order valence-electron chi connectivity index (χ1n) is 2.24. The molecule has 4 nitrogen and oxygen atoms in total. The monoisotopic (exact) mass is 138 g/mol. The van der Waals surface area contributed by atoms with Crippen molar-refractivity contribution in [2.45, 2.75) is 13.2 Å². The molecule has 1 rings (SSSR count). The molecule has 5 heteroatoms. The second-order valence-electron chi connectivity index (χ2n) is 1.43. The van der Waals surface area contributed by atoms with Gasteiger partial charge in [0.05, 0.1) is 0 Å². The van der Waals surface area contributed by atoms with Crippen LogP contribution in [0, 0.1) is 0 Å². The summed E-state index contributed by atoms with van der Waals surface area (Å²) in [5, 5.41) is 3.60. The Kier molecular flexibility index (Phi) is 3.84. The third-order valence-electron chi connectivity index (χ3n) is 0.770. The molecule has 1 heterocycles. The van der Waals surface area contributed by atoms with Crippen LogP contribution in [0.15, 0.2) is 5.10 Å². The normalized spacial score (nSPS) is 22.8. The number of hydrogen-bond donors (Lipinski definition) is 1. The van der Waals surface area contributed by atoms with Crippen molar-refractivity contribution in [3.8, 4) is 0 Å². The van der Waals surface area contributed by atoms with Gasteiger partial charge in [0, 0.05) is 6.92 Å². The molecule has 1 aliphatic heterocycles. The van der Waals surface area contributed by atoms with E-state index in [4.69, 9.17) is 4.74 Å². The van der Waals surface area contributed by atoms with Gasteiger partial charge in [-0.1, -0.05) is 0 Å². The van der Waals surface area contributed by atoms with Crippen molar-refractivity contribution >= 4 is 41.7 Å². The fourth-order valence-electron chi connectivity index (χ4n) is 0.449. The molecule has 0 aromatic carbocycles. The van der Waals surface area contributed by atoms with Crippen LogP contribution in [0.1, 0.15) is 6.92 Å². The zero-order valence-electron chi connectivity index (χ0n) is 4.42. The molecule has 1 aliphatic rings. The zero-order valence-corrected chi connectivity index (χ0v) is 4.42. The van der Waals surface area contributed by atoms with E-state index in [0.717, 1.165) is 0 Å². The minimum atomic E-state index is -0.560. The molecule has 0 saturated heterocycles. The van der Waals surface area contributed by atoms with Crippen molar-refractivity contribution in [3.63, 3.8) is 0 Å². The Morgan fingerprint density at radius 3 is 2.78 bits per heavy atom. The molecule has 0 aromatic rings. The van der Waals surface area contributed by atoms with Crippen molar-refractivity contribution in [1.29, 1.82) is 0 Å². The zero-order chi connectivity index (χ0) is 5.98. The Labute approximate surface area is 74.9 Å². The predicted molar refractivity (Wildman–Crippen MR) is 34.3 cm³/mol.